The highest BCUT2D eigenvalue weighted by molar-refractivity contribution is 9.10. The maximum absolute atomic E-state index is 5.54. The Morgan fingerprint density at radius 1 is 1.00 bits per heavy atom. The smallest absolute Gasteiger partial charge is 0.150 e. The van der Waals surface area contributed by atoms with E-state index < -0.39 is 0 Å². The number of hydrogen-bond donors (Lipinski definition) is 0. The lowest BCUT2D eigenvalue weighted by Gasteiger charge is -2.03. The van der Waals surface area contributed by atoms with Gasteiger partial charge in [-0.3, -0.25) is 0 Å². The molecule has 3 heteroatoms. The van der Waals surface area contributed by atoms with Crippen LogP contribution in [0.5, 0.6) is 5.75 Å². The Kier molecular flexibility index (Phi) is 5.19. The SMILES string of the molecule is Brc1ccccc1OCC#CSc1ccccc1. The van der Waals surface area contributed by atoms with Crippen LogP contribution in [0.1, 0.15) is 0 Å². The van der Waals surface area contributed by atoms with Crippen molar-refractivity contribution in [2.45, 2.75) is 4.90 Å². The van der Waals surface area contributed by atoms with E-state index in [0.717, 1.165) is 15.1 Å². The van der Waals surface area contributed by atoms with Crippen LogP contribution in [0, 0.1) is 11.2 Å². The maximum atomic E-state index is 5.54. The number of halogens is 1. The molecule has 0 N–H and O–H groups in total. The van der Waals surface area contributed by atoms with E-state index >= 15 is 0 Å². The highest BCUT2D eigenvalue weighted by atomic mass is 79.9. The fraction of sp³-hybridized carbons (Fsp3) is 0.0667. The fourth-order valence-electron chi connectivity index (χ4n) is 1.29. The molecule has 2 aromatic carbocycles. The quantitative estimate of drug-likeness (QED) is 0.605. The van der Waals surface area contributed by atoms with Gasteiger partial charge in [0.15, 0.2) is 0 Å². The molecule has 90 valence electrons. The standard InChI is InChI=1S/C15H11BrOS/c16-14-9-4-5-10-15(14)17-11-6-12-18-13-7-2-1-3-8-13/h1-5,7-10H,11H2. The van der Waals surface area contributed by atoms with Crippen molar-refractivity contribution in [1.29, 1.82) is 0 Å². The Morgan fingerprint density at radius 2 is 1.72 bits per heavy atom. The minimum Gasteiger partial charge on any atom is -0.480 e. The van der Waals surface area contributed by atoms with E-state index in [2.05, 4.69) is 27.1 Å². The second-order valence-corrected chi connectivity index (χ2v) is 5.15. The Bertz CT molecular complexity index is 557. The molecule has 0 aliphatic carbocycles. The van der Waals surface area contributed by atoms with Gasteiger partial charge < -0.3 is 4.74 Å². The van der Waals surface area contributed by atoms with Crippen LogP contribution >= 0.6 is 27.7 Å². The molecule has 0 amide bonds. The number of hydrogen-bond acceptors (Lipinski definition) is 2. The molecule has 2 rings (SSSR count). The Morgan fingerprint density at radius 3 is 2.50 bits per heavy atom. The first-order valence-electron chi connectivity index (χ1n) is 5.43. The molecule has 0 atom stereocenters. The topological polar surface area (TPSA) is 9.23 Å². The van der Waals surface area contributed by atoms with Crippen molar-refractivity contribution >= 4 is 27.7 Å². The van der Waals surface area contributed by atoms with Crippen LogP contribution in [0.15, 0.2) is 64.0 Å². The first-order chi connectivity index (χ1) is 8.86. The Hall–Kier alpha value is -1.37. The van der Waals surface area contributed by atoms with Crippen molar-refractivity contribution in [3.63, 3.8) is 0 Å². The Labute approximate surface area is 120 Å². The van der Waals surface area contributed by atoms with E-state index in [-0.39, 0.29) is 0 Å². The van der Waals surface area contributed by atoms with Gasteiger partial charge in [-0.25, -0.2) is 0 Å². The zero-order chi connectivity index (χ0) is 12.6. The molecular weight excluding hydrogens is 308 g/mol. The maximum Gasteiger partial charge on any atom is 0.150 e. The summed E-state index contributed by atoms with van der Waals surface area (Å²) in [5.41, 5.74) is 0. The molecule has 2 aromatic rings. The lowest BCUT2D eigenvalue weighted by molar-refractivity contribution is 0.368. The number of para-hydroxylation sites is 1. The number of thioether (sulfide) groups is 1. The van der Waals surface area contributed by atoms with Crippen LogP contribution in [0.2, 0.25) is 0 Å². The normalized spacial score (nSPS) is 9.39. The number of benzene rings is 2. The molecule has 0 unspecified atom stereocenters. The largest absolute Gasteiger partial charge is 0.480 e. The van der Waals surface area contributed by atoms with Crippen LogP contribution in [0.4, 0.5) is 0 Å². The summed E-state index contributed by atoms with van der Waals surface area (Å²) < 4.78 is 6.49. The summed E-state index contributed by atoms with van der Waals surface area (Å²) in [6.45, 7) is 0.391. The van der Waals surface area contributed by atoms with E-state index in [1.54, 1.807) is 0 Å². The molecule has 18 heavy (non-hydrogen) atoms. The summed E-state index contributed by atoms with van der Waals surface area (Å²) in [4.78, 5) is 1.14. The third-order valence-corrected chi connectivity index (χ3v) is 3.53. The number of ether oxygens (including phenoxy) is 1. The summed E-state index contributed by atoms with van der Waals surface area (Å²) in [7, 11) is 0. The van der Waals surface area contributed by atoms with Crippen LogP contribution < -0.4 is 4.74 Å². The van der Waals surface area contributed by atoms with Gasteiger partial charge in [-0.15, -0.1) is 0 Å². The van der Waals surface area contributed by atoms with Crippen LogP contribution in [-0.4, -0.2) is 6.61 Å². The van der Waals surface area contributed by atoms with E-state index in [0.29, 0.717) is 6.61 Å². The van der Waals surface area contributed by atoms with Crippen molar-refractivity contribution in [2.24, 2.45) is 0 Å². The van der Waals surface area contributed by atoms with Crippen molar-refractivity contribution < 1.29 is 4.74 Å². The molecule has 0 aliphatic rings. The summed E-state index contributed by atoms with van der Waals surface area (Å²) in [5.74, 6) is 3.80. The van der Waals surface area contributed by atoms with Gasteiger partial charge in [0.2, 0.25) is 0 Å². The van der Waals surface area contributed by atoms with Gasteiger partial charge in [0, 0.05) is 4.90 Å². The predicted octanol–water partition coefficient (Wildman–Crippen LogP) is 4.58. The average molecular weight is 319 g/mol. The van der Waals surface area contributed by atoms with Crippen LogP contribution in [0.3, 0.4) is 0 Å². The minimum atomic E-state index is 0.391. The lowest BCUT2D eigenvalue weighted by atomic mass is 10.3. The van der Waals surface area contributed by atoms with Gasteiger partial charge in [-0.1, -0.05) is 30.3 Å². The zero-order valence-electron chi connectivity index (χ0n) is 9.60. The van der Waals surface area contributed by atoms with Gasteiger partial charge in [0.1, 0.15) is 12.4 Å². The molecular formula is C15H11BrOS. The summed E-state index contributed by atoms with van der Waals surface area (Å²) in [6, 6.07) is 17.8. The molecule has 1 nitrogen and oxygen atoms in total. The molecule has 0 aliphatic heterocycles. The molecule has 0 radical (unpaired) electrons. The molecule has 0 fully saturated rings. The minimum absolute atomic E-state index is 0.391. The van der Waals surface area contributed by atoms with E-state index in [1.165, 1.54) is 11.8 Å². The lowest BCUT2D eigenvalue weighted by Crippen LogP contribution is -1.93. The van der Waals surface area contributed by atoms with Crippen molar-refractivity contribution in [1.82, 2.24) is 0 Å². The highest BCUT2D eigenvalue weighted by Gasteiger charge is 1.96. The van der Waals surface area contributed by atoms with Crippen LogP contribution in [-0.2, 0) is 0 Å². The van der Waals surface area contributed by atoms with Gasteiger partial charge >= 0.3 is 0 Å². The van der Waals surface area contributed by atoms with E-state index in [4.69, 9.17) is 4.74 Å². The van der Waals surface area contributed by atoms with E-state index in [1.807, 2.05) is 54.6 Å². The first-order valence-corrected chi connectivity index (χ1v) is 7.04. The predicted molar refractivity (Wildman–Crippen MR) is 79.7 cm³/mol. The van der Waals surface area contributed by atoms with Gasteiger partial charge in [-0.2, -0.15) is 0 Å². The molecule has 0 heterocycles. The van der Waals surface area contributed by atoms with Crippen molar-refractivity contribution in [3.05, 3.63) is 59.1 Å². The molecule has 0 saturated heterocycles. The number of rotatable bonds is 3. The monoisotopic (exact) mass is 318 g/mol. The third-order valence-electron chi connectivity index (χ3n) is 2.12. The Balaban J connectivity index is 1.81. The van der Waals surface area contributed by atoms with Crippen LogP contribution in [0.25, 0.3) is 0 Å². The average Bonchev–Trinajstić information content (AvgIpc) is 2.42. The highest BCUT2D eigenvalue weighted by Crippen LogP contribution is 2.23. The molecule has 0 bridgehead atoms. The van der Waals surface area contributed by atoms with Crippen molar-refractivity contribution in [2.75, 3.05) is 6.61 Å². The first kappa shape index (κ1) is 13.1. The third kappa shape index (κ3) is 4.14. The summed E-state index contributed by atoms with van der Waals surface area (Å²) in [6.07, 6.45) is 0. The second kappa shape index (κ2) is 7.15. The zero-order valence-corrected chi connectivity index (χ0v) is 12.0. The van der Waals surface area contributed by atoms with Gasteiger partial charge in [0.25, 0.3) is 0 Å². The van der Waals surface area contributed by atoms with Crippen molar-refractivity contribution in [3.8, 4) is 16.9 Å². The molecule has 0 saturated carbocycles. The van der Waals surface area contributed by atoms with E-state index in [9.17, 15) is 0 Å². The molecule has 0 aromatic heterocycles. The summed E-state index contributed by atoms with van der Waals surface area (Å²) in [5, 5.41) is 3.02. The fourth-order valence-corrected chi connectivity index (χ4v) is 2.23. The van der Waals surface area contributed by atoms with Gasteiger partial charge in [-0.05, 0) is 63.1 Å². The molecule has 0 spiro atoms. The summed E-state index contributed by atoms with van der Waals surface area (Å²) >= 11 is 4.93. The second-order valence-electron chi connectivity index (χ2n) is 3.41. The van der Waals surface area contributed by atoms with Gasteiger partial charge in [0.05, 0.1) is 4.47 Å².